The SMILES string of the molecule is Cc1ccc(C(CN)N2Cc3ccccc3C2)cc1. The first-order valence-electron chi connectivity index (χ1n) is 6.85. The van der Waals surface area contributed by atoms with Crippen LogP contribution in [0, 0.1) is 6.92 Å². The van der Waals surface area contributed by atoms with Gasteiger partial charge in [-0.25, -0.2) is 0 Å². The van der Waals surface area contributed by atoms with Crippen LogP contribution in [0.15, 0.2) is 48.5 Å². The van der Waals surface area contributed by atoms with Crippen LogP contribution in [0.4, 0.5) is 0 Å². The van der Waals surface area contributed by atoms with Crippen LogP contribution in [0.3, 0.4) is 0 Å². The van der Waals surface area contributed by atoms with Gasteiger partial charge in [0.2, 0.25) is 0 Å². The highest BCUT2D eigenvalue weighted by atomic mass is 15.2. The fourth-order valence-electron chi connectivity index (χ4n) is 2.86. The Morgan fingerprint density at radius 2 is 1.58 bits per heavy atom. The predicted octanol–water partition coefficient (Wildman–Crippen LogP) is 3.01. The summed E-state index contributed by atoms with van der Waals surface area (Å²) in [6.07, 6.45) is 0. The monoisotopic (exact) mass is 252 g/mol. The van der Waals surface area contributed by atoms with Crippen molar-refractivity contribution in [1.82, 2.24) is 4.90 Å². The molecule has 2 nitrogen and oxygen atoms in total. The van der Waals surface area contributed by atoms with Crippen molar-refractivity contribution in [3.63, 3.8) is 0 Å². The standard InChI is InChI=1S/C17H20N2/c1-13-6-8-14(9-7-13)17(10-18)19-11-15-4-2-3-5-16(15)12-19/h2-9,17H,10-12,18H2,1H3. The van der Waals surface area contributed by atoms with Crippen LogP contribution in [-0.4, -0.2) is 11.4 Å². The van der Waals surface area contributed by atoms with Crippen molar-refractivity contribution in [2.24, 2.45) is 5.73 Å². The Bertz CT molecular complexity index is 535. The van der Waals surface area contributed by atoms with Crippen molar-refractivity contribution in [2.75, 3.05) is 6.54 Å². The highest BCUT2D eigenvalue weighted by molar-refractivity contribution is 5.32. The maximum Gasteiger partial charge on any atom is 0.0477 e. The summed E-state index contributed by atoms with van der Waals surface area (Å²) in [5, 5.41) is 0. The number of rotatable bonds is 3. The van der Waals surface area contributed by atoms with Crippen LogP contribution in [0.1, 0.15) is 28.3 Å². The Morgan fingerprint density at radius 1 is 1.00 bits per heavy atom. The third-order valence-corrected chi connectivity index (χ3v) is 3.99. The molecule has 0 aromatic heterocycles. The van der Waals surface area contributed by atoms with Crippen LogP contribution in [0.25, 0.3) is 0 Å². The van der Waals surface area contributed by atoms with Crippen molar-refractivity contribution in [2.45, 2.75) is 26.1 Å². The Balaban J connectivity index is 1.83. The number of hydrogen-bond donors (Lipinski definition) is 1. The van der Waals surface area contributed by atoms with Gasteiger partial charge in [-0.3, -0.25) is 4.90 Å². The Morgan fingerprint density at radius 3 is 2.11 bits per heavy atom. The van der Waals surface area contributed by atoms with Crippen molar-refractivity contribution < 1.29 is 0 Å². The molecule has 0 radical (unpaired) electrons. The molecule has 0 fully saturated rings. The predicted molar refractivity (Wildman–Crippen MR) is 78.7 cm³/mol. The van der Waals surface area contributed by atoms with Gasteiger partial charge in [0.1, 0.15) is 0 Å². The number of fused-ring (bicyclic) bond motifs is 1. The second-order valence-corrected chi connectivity index (χ2v) is 5.34. The van der Waals surface area contributed by atoms with Crippen molar-refractivity contribution >= 4 is 0 Å². The molecule has 0 amide bonds. The van der Waals surface area contributed by atoms with Gasteiger partial charge in [-0.1, -0.05) is 54.1 Å². The highest BCUT2D eigenvalue weighted by Gasteiger charge is 2.25. The van der Waals surface area contributed by atoms with Crippen LogP contribution in [-0.2, 0) is 13.1 Å². The second kappa shape index (κ2) is 5.16. The van der Waals surface area contributed by atoms with Gasteiger partial charge in [-0.2, -0.15) is 0 Å². The molecule has 2 aromatic rings. The number of hydrogen-bond acceptors (Lipinski definition) is 2. The lowest BCUT2D eigenvalue weighted by Crippen LogP contribution is -2.29. The van der Waals surface area contributed by atoms with Crippen molar-refractivity contribution in [1.29, 1.82) is 0 Å². The first-order valence-corrected chi connectivity index (χ1v) is 6.85. The molecule has 0 aliphatic carbocycles. The van der Waals surface area contributed by atoms with Crippen LogP contribution in [0.5, 0.6) is 0 Å². The molecule has 2 heteroatoms. The average molecular weight is 252 g/mol. The first kappa shape index (κ1) is 12.4. The van der Waals surface area contributed by atoms with Crippen LogP contribution < -0.4 is 5.73 Å². The minimum absolute atomic E-state index is 0.313. The van der Waals surface area contributed by atoms with Gasteiger partial charge >= 0.3 is 0 Å². The lowest BCUT2D eigenvalue weighted by Gasteiger charge is -2.26. The van der Waals surface area contributed by atoms with Gasteiger partial charge < -0.3 is 5.73 Å². The molecule has 0 saturated heterocycles. The van der Waals surface area contributed by atoms with Gasteiger partial charge in [-0.15, -0.1) is 0 Å². The van der Waals surface area contributed by atoms with E-state index in [0.717, 1.165) is 13.1 Å². The van der Waals surface area contributed by atoms with Crippen molar-refractivity contribution in [3.8, 4) is 0 Å². The van der Waals surface area contributed by atoms with E-state index in [1.54, 1.807) is 0 Å². The average Bonchev–Trinajstić information content (AvgIpc) is 2.85. The molecule has 0 saturated carbocycles. The zero-order valence-corrected chi connectivity index (χ0v) is 11.3. The normalized spacial score (nSPS) is 16.3. The summed E-state index contributed by atoms with van der Waals surface area (Å²) in [6, 6.07) is 17.7. The smallest absolute Gasteiger partial charge is 0.0477 e. The molecule has 1 atom stereocenters. The maximum atomic E-state index is 6.02. The molecule has 1 aliphatic rings. The molecule has 2 N–H and O–H groups in total. The van der Waals surface area contributed by atoms with E-state index in [9.17, 15) is 0 Å². The summed E-state index contributed by atoms with van der Waals surface area (Å²) in [5.41, 5.74) is 11.5. The van der Waals surface area contributed by atoms with Gasteiger partial charge in [0.25, 0.3) is 0 Å². The minimum Gasteiger partial charge on any atom is -0.329 e. The molecule has 0 bridgehead atoms. The summed E-state index contributed by atoms with van der Waals surface area (Å²) >= 11 is 0. The van der Waals surface area contributed by atoms with Crippen LogP contribution >= 0.6 is 0 Å². The molecule has 0 spiro atoms. The summed E-state index contributed by atoms with van der Waals surface area (Å²) in [7, 11) is 0. The fraction of sp³-hybridized carbons (Fsp3) is 0.294. The third-order valence-electron chi connectivity index (χ3n) is 3.99. The lowest BCUT2D eigenvalue weighted by molar-refractivity contribution is 0.205. The van der Waals surface area contributed by atoms with Gasteiger partial charge in [0, 0.05) is 25.7 Å². The number of nitrogens with two attached hydrogens (primary N) is 1. The van der Waals surface area contributed by atoms with Crippen LogP contribution in [0.2, 0.25) is 0 Å². The van der Waals surface area contributed by atoms with Crippen molar-refractivity contribution in [3.05, 3.63) is 70.8 Å². The van der Waals surface area contributed by atoms with Gasteiger partial charge in [-0.05, 0) is 23.6 Å². The molecular formula is C17H20N2. The fourth-order valence-corrected chi connectivity index (χ4v) is 2.86. The summed E-state index contributed by atoms with van der Waals surface area (Å²) in [6.45, 7) is 4.79. The quantitative estimate of drug-likeness (QED) is 0.910. The summed E-state index contributed by atoms with van der Waals surface area (Å²) < 4.78 is 0. The zero-order valence-electron chi connectivity index (χ0n) is 11.3. The molecule has 3 rings (SSSR count). The third kappa shape index (κ3) is 2.42. The molecule has 1 aliphatic heterocycles. The Kier molecular flexibility index (Phi) is 3.36. The topological polar surface area (TPSA) is 29.3 Å². The maximum absolute atomic E-state index is 6.02. The minimum atomic E-state index is 0.313. The van der Waals surface area contributed by atoms with E-state index in [-0.39, 0.29) is 0 Å². The number of benzene rings is 2. The van der Waals surface area contributed by atoms with E-state index in [0.29, 0.717) is 12.6 Å². The molecule has 1 unspecified atom stereocenters. The summed E-state index contributed by atoms with van der Waals surface area (Å²) in [4.78, 5) is 2.47. The van der Waals surface area contributed by atoms with E-state index in [1.807, 2.05) is 0 Å². The molecule has 2 aromatic carbocycles. The molecule has 98 valence electrons. The molecule has 19 heavy (non-hydrogen) atoms. The largest absolute Gasteiger partial charge is 0.329 e. The Hall–Kier alpha value is -1.64. The zero-order chi connectivity index (χ0) is 13.2. The number of nitrogens with zero attached hydrogens (tertiary/aromatic N) is 1. The summed E-state index contributed by atoms with van der Waals surface area (Å²) in [5.74, 6) is 0. The second-order valence-electron chi connectivity index (χ2n) is 5.34. The van der Waals surface area contributed by atoms with E-state index >= 15 is 0 Å². The first-order chi connectivity index (χ1) is 9.28. The Labute approximate surface area is 114 Å². The molecular weight excluding hydrogens is 232 g/mol. The number of aryl methyl sites for hydroxylation is 1. The van der Waals surface area contributed by atoms with Gasteiger partial charge in [0.05, 0.1) is 0 Å². The van der Waals surface area contributed by atoms with E-state index in [1.165, 1.54) is 22.3 Å². The highest BCUT2D eigenvalue weighted by Crippen LogP contribution is 2.30. The van der Waals surface area contributed by atoms with E-state index in [2.05, 4.69) is 60.4 Å². The van der Waals surface area contributed by atoms with Gasteiger partial charge in [0.15, 0.2) is 0 Å². The van der Waals surface area contributed by atoms with E-state index in [4.69, 9.17) is 5.73 Å². The lowest BCUT2D eigenvalue weighted by atomic mass is 10.0. The van der Waals surface area contributed by atoms with E-state index < -0.39 is 0 Å². The molecule has 1 heterocycles.